The van der Waals surface area contributed by atoms with Crippen LogP contribution in [0.5, 0.6) is 0 Å². The Hall–Kier alpha value is -2.78. The van der Waals surface area contributed by atoms with Gasteiger partial charge < -0.3 is 0 Å². The van der Waals surface area contributed by atoms with E-state index in [0.29, 0.717) is 11.8 Å². The number of hydrogen-bond acceptors (Lipinski definition) is 0. The van der Waals surface area contributed by atoms with Crippen LogP contribution >= 0.6 is 0 Å². The van der Waals surface area contributed by atoms with Gasteiger partial charge >= 0.3 is 0 Å². The van der Waals surface area contributed by atoms with Gasteiger partial charge in [0.1, 0.15) is 0 Å². The molecule has 0 radical (unpaired) electrons. The maximum atomic E-state index is 5.57. The fourth-order valence-electron chi connectivity index (χ4n) is 4.27. The lowest BCUT2D eigenvalue weighted by Crippen LogP contribution is -2.08. The first-order chi connectivity index (χ1) is 13.5. The van der Waals surface area contributed by atoms with Crippen molar-refractivity contribution < 1.29 is 0 Å². The van der Waals surface area contributed by atoms with Gasteiger partial charge in [-0.1, -0.05) is 78.4 Å². The Kier molecular flexibility index (Phi) is 6.37. The van der Waals surface area contributed by atoms with Gasteiger partial charge in [0, 0.05) is 6.42 Å². The van der Waals surface area contributed by atoms with Crippen LogP contribution in [0, 0.1) is 12.3 Å². The van der Waals surface area contributed by atoms with Crippen molar-refractivity contribution in [3.05, 3.63) is 96.1 Å². The molecule has 0 bridgehead atoms. The van der Waals surface area contributed by atoms with Crippen LogP contribution in [0.15, 0.2) is 85.0 Å². The molecule has 0 aliphatic heterocycles. The van der Waals surface area contributed by atoms with Gasteiger partial charge in [-0.05, 0) is 66.7 Å². The number of terminal acetylenes is 1. The van der Waals surface area contributed by atoms with Crippen molar-refractivity contribution in [3.8, 4) is 23.5 Å². The predicted octanol–water partition coefficient (Wildman–Crippen LogP) is 7.81. The van der Waals surface area contributed by atoms with Crippen LogP contribution in [0.1, 0.15) is 62.0 Å². The Balaban J connectivity index is 1.75. The van der Waals surface area contributed by atoms with Crippen molar-refractivity contribution in [2.45, 2.75) is 50.9 Å². The van der Waals surface area contributed by atoms with E-state index in [0.717, 1.165) is 32.1 Å². The molecular formula is C28H30. The molecular weight excluding hydrogens is 336 g/mol. The van der Waals surface area contributed by atoms with Crippen LogP contribution in [0.4, 0.5) is 0 Å². The average Bonchev–Trinajstić information content (AvgIpc) is 2.67. The Morgan fingerprint density at radius 3 is 2.04 bits per heavy atom. The molecule has 2 aromatic carbocycles. The van der Waals surface area contributed by atoms with Gasteiger partial charge in [-0.3, -0.25) is 0 Å². The van der Waals surface area contributed by atoms with E-state index >= 15 is 0 Å². The molecule has 1 atom stereocenters. The molecule has 1 saturated carbocycles. The molecule has 3 rings (SSSR count). The molecule has 0 heterocycles. The number of benzene rings is 2. The Labute approximate surface area is 170 Å². The lowest BCUT2D eigenvalue weighted by atomic mass is 9.79. The van der Waals surface area contributed by atoms with Gasteiger partial charge in [-0.15, -0.1) is 18.9 Å². The maximum Gasteiger partial charge on any atom is 0.0158 e. The molecule has 142 valence electrons. The minimum atomic E-state index is 0.353. The minimum absolute atomic E-state index is 0.353. The largest absolute Gasteiger partial charge is 0.120 e. The highest BCUT2D eigenvalue weighted by Gasteiger charge is 2.20. The number of rotatable bonds is 6. The van der Waals surface area contributed by atoms with E-state index in [2.05, 4.69) is 81.1 Å². The first-order valence-corrected chi connectivity index (χ1v) is 10.1. The molecule has 1 aliphatic carbocycles. The van der Waals surface area contributed by atoms with Crippen LogP contribution in [0.25, 0.3) is 11.1 Å². The summed E-state index contributed by atoms with van der Waals surface area (Å²) in [6.45, 7) is 14.5. The number of hydrogen-bond donors (Lipinski definition) is 0. The fraction of sp³-hybridized carbons (Fsp3) is 0.286. The summed E-state index contributed by atoms with van der Waals surface area (Å²) in [7, 11) is 0. The molecule has 0 nitrogen and oxygen atoms in total. The van der Waals surface area contributed by atoms with Crippen molar-refractivity contribution in [3.63, 3.8) is 0 Å². The summed E-state index contributed by atoms with van der Waals surface area (Å²) >= 11 is 0. The predicted molar refractivity (Wildman–Crippen MR) is 122 cm³/mol. The van der Waals surface area contributed by atoms with E-state index in [4.69, 9.17) is 6.42 Å². The van der Waals surface area contributed by atoms with Gasteiger partial charge in [-0.25, -0.2) is 0 Å². The highest BCUT2D eigenvalue weighted by atomic mass is 14.2. The number of allylic oxidation sites excluding steroid dienone is 3. The maximum absolute atomic E-state index is 5.57. The van der Waals surface area contributed by atoms with E-state index in [9.17, 15) is 0 Å². The first kappa shape index (κ1) is 20.0. The SMILES string of the molecule is C#CCC(CC(=C)C)c1ccc(-c2ccc(C3CC(=C)CC(=C)C3)cc2)cc1. The molecule has 1 unspecified atom stereocenters. The third kappa shape index (κ3) is 4.93. The minimum Gasteiger partial charge on any atom is -0.120 e. The molecule has 0 aromatic heterocycles. The summed E-state index contributed by atoms with van der Waals surface area (Å²) in [6, 6.07) is 17.8. The van der Waals surface area contributed by atoms with E-state index in [1.807, 2.05) is 0 Å². The second-order valence-electron chi connectivity index (χ2n) is 8.29. The van der Waals surface area contributed by atoms with Gasteiger partial charge in [-0.2, -0.15) is 0 Å². The fourth-order valence-corrected chi connectivity index (χ4v) is 4.27. The Bertz CT molecular complexity index is 884. The zero-order chi connectivity index (χ0) is 20.1. The first-order valence-electron chi connectivity index (χ1n) is 10.1. The van der Waals surface area contributed by atoms with Crippen LogP contribution in [0.3, 0.4) is 0 Å². The van der Waals surface area contributed by atoms with Crippen molar-refractivity contribution in [1.29, 1.82) is 0 Å². The zero-order valence-electron chi connectivity index (χ0n) is 17.0. The monoisotopic (exact) mass is 366 g/mol. The molecule has 1 fully saturated rings. The molecule has 0 heteroatoms. The third-order valence-corrected chi connectivity index (χ3v) is 5.63. The van der Waals surface area contributed by atoms with Crippen molar-refractivity contribution in [2.24, 2.45) is 0 Å². The summed E-state index contributed by atoms with van der Waals surface area (Å²) in [5.41, 5.74) is 8.94. The summed E-state index contributed by atoms with van der Waals surface area (Å²) < 4.78 is 0. The quantitative estimate of drug-likeness (QED) is 0.361. The lowest BCUT2D eigenvalue weighted by Gasteiger charge is -2.26. The Morgan fingerprint density at radius 2 is 1.54 bits per heavy atom. The molecule has 2 aromatic rings. The summed E-state index contributed by atoms with van der Waals surface area (Å²) in [5, 5.41) is 0. The van der Waals surface area contributed by atoms with Crippen LogP contribution in [-0.4, -0.2) is 0 Å². The average molecular weight is 367 g/mol. The van der Waals surface area contributed by atoms with Crippen molar-refractivity contribution in [2.75, 3.05) is 0 Å². The standard InChI is InChI=1S/C28H30/c1-6-7-27(16-20(2)3)25-12-8-23(9-13-25)24-10-14-26(15-11-24)28-18-21(4)17-22(5)19-28/h1,8-15,27-28H,2,4-5,7,16-19H2,3H3. The summed E-state index contributed by atoms with van der Waals surface area (Å²) in [6.07, 6.45) is 10.4. The second-order valence-corrected chi connectivity index (χ2v) is 8.29. The van der Waals surface area contributed by atoms with Gasteiger partial charge in [0.05, 0.1) is 0 Å². The zero-order valence-corrected chi connectivity index (χ0v) is 17.0. The molecule has 1 aliphatic rings. The van der Waals surface area contributed by atoms with E-state index in [-0.39, 0.29) is 0 Å². The summed E-state index contributed by atoms with van der Waals surface area (Å²) in [4.78, 5) is 0. The van der Waals surface area contributed by atoms with Gasteiger partial charge in [0.2, 0.25) is 0 Å². The van der Waals surface area contributed by atoms with Crippen molar-refractivity contribution >= 4 is 0 Å². The van der Waals surface area contributed by atoms with Gasteiger partial charge in [0.25, 0.3) is 0 Å². The van der Waals surface area contributed by atoms with Gasteiger partial charge in [0.15, 0.2) is 0 Å². The molecule has 0 spiro atoms. The molecule has 28 heavy (non-hydrogen) atoms. The normalized spacial score (nSPS) is 15.9. The van der Waals surface area contributed by atoms with Crippen LogP contribution in [0.2, 0.25) is 0 Å². The lowest BCUT2D eigenvalue weighted by molar-refractivity contribution is 0.612. The highest BCUT2D eigenvalue weighted by Crippen LogP contribution is 2.38. The topological polar surface area (TPSA) is 0 Å². The smallest absolute Gasteiger partial charge is 0.0158 e. The van der Waals surface area contributed by atoms with Crippen LogP contribution < -0.4 is 0 Å². The van der Waals surface area contributed by atoms with Crippen molar-refractivity contribution in [1.82, 2.24) is 0 Å². The highest BCUT2D eigenvalue weighted by molar-refractivity contribution is 5.64. The van der Waals surface area contributed by atoms with E-state index < -0.39 is 0 Å². The van der Waals surface area contributed by atoms with E-state index in [1.165, 1.54) is 39.0 Å². The summed E-state index contributed by atoms with van der Waals surface area (Å²) in [5.74, 6) is 3.69. The van der Waals surface area contributed by atoms with E-state index in [1.54, 1.807) is 0 Å². The second kappa shape index (κ2) is 8.94. The Morgan fingerprint density at radius 1 is 1.00 bits per heavy atom. The molecule has 0 amide bonds. The van der Waals surface area contributed by atoms with Crippen LogP contribution in [-0.2, 0) is 0 Å². The third-order valence-electron chi connectivity index (χ3n) is 5.63. The molecule has 0 N–H and O–H groups in total. The molecule has 0 saturated heterocycles.